The third-order valence-corrected chi connectivity index (χ3v) is 4.45. The second-order valence-electron chi connectivity index (χ2n) is 7.66. The van der Waals surface area contributed by atoms with E-state index in [9.17, 15) is 27.9 Å². The molecular formula is C18H34N4O13S. The Labute approximate surface area is 206 Å². The number of carboxylic acid groups (broad SMARTS) is 2. The van der Waals surface area contributed by atoms with Gasteiger partial charge in [-0.1, -0.05) is 13.8 Å². The molecule has 1 unspecified atom stereocenters. The highest BCUT2D eigenvalue weighted by Crippen LogP contribution is 2.08. The zero-order valence-corrected chi connectivity index (χ0v) is 20.3. The summed E-state index contributed by atoms with van der Waals surface area (Å²) in [6.45, 7) is 2.97. The first-order valence-electron chi connectivity index (χ1n) is 10.2. The molecule has 0 spiro atoms. The molecule has 0 aromatic carbocycles. The van der Waals surface area contributed by atoms with Crippen LogP contribution in [0, 0.1) is 5.92 Å². The molecule has 12 N–H and O–H groups in total. The molecule has 0 amide bonds. The number of aliphatic carboxylic acids is 2. The number of hydrogen-bond acceptors (Lipinski definition) is 13. The van der Waals surface area contributed by atoms with Crippen molar-refractivity contribution in [3.05, 3.63) is 18.2 Å². The van der Waals surface area contributed by atoms with Gasteiger partial charge in [0.2, 0.25) is 0 Å². The molecule has 18 heteroatoms. The summed E-state index contributed by atoms with van der Waals surface area (Å²) in [6.07, 6.45) is -4.32. The number of aromatic amines is 1. The maximum atomic E-state index is 10.3. The summed E-state index contributed by atoms with van der Waals surface area (Å²) in [4.78, 5) is 37.2. The predicted octanol–water partition coefficient (Wildman–Crippen LogP) is -3.74. The molecule has 0 aliphatic carbocycles. The minimum absolute atomic E-state index is 0.189. The maximum Gasteiger partial charge on any atom is 0.398 e. The zero-order chi connectivity index (χ0) is 28.6. The first kappa shape index (κ1) is 35.6. The third-order valence-electron chi connectivity index (χ3n) is 3.99. The van der Waals surface area contributed by atoms with Crippen molar-refractivity contribution in [1.82, 2.24) is 9.97 Å². The molecule has 1 aromatic heterocycles. The van der Waals surface area contributed by atoms with Crippen molar-refractivity contribution in [2.75, 3.05) is 6.61 Å². The molecule has 0 aliphatic rings. The summed E-state index contributed by atoms with van der Waals surface area (Å²) in [7, 11) is -4.99. The number of nitrogens with two attached hydrogens (primary N) is 2. The fourth-order valence-electron chi connectivity index (χ4n) is 2.16. The number of aromatic nitrogens is 2. The number of aldehydes is 1. The number of aliphatic hydroxyl groups excluding tert-OH is 4. The molecule has 210 valence electrons. The first-order valence-corrected chi connectivity index (χ1v) is 11.5. The summed E-state index contributed by atoms with van der Waals surface area (Å²) in [5.41, 5.74) is 11.2. The Morgan fingerprint density at radius 1 is 1.11 bits per heavy atom. The summed E-state index contributed by atoms with van der Waals surface area (Å²) in [5, 5.41) is 52.3. The Hall–Kier alpha value is -2.55. The van der Waals surface area contributed by atoms with Crippen LogP contribution in [0.5, 0.6) is 0 Å². The summed E-state index contributed by atoms with van der Waals surface area (Å²) in [6, 6.07) is -1.54. The number of rotatable bonds is 13. The van der Waals surface area contributed by atoms with Crippen molar-refractivity contribution in [2.24, 2.45) is 17.4 Å². The molecule has 1 heterocycles. The highest BCUT2D eigenvalue weighted by atomic mass is 32.3. The average Bonchev–Trinajstić information content (AvgIpc) is 3.28. The van der Waals surface area contributed by atoms with Gasteiger partial charge in [0.25, 0.3) is 0 Å². The molecule has 0 saturated carbocycles. The molecule has 36 heavy (non-hydrogen) atoms. The standard InChI is InChI=1S/C6H9N3O2.C6H13NO2.C6H12O9S/c7-5(6(10)11)1-4-2-8-3-9-4;1-4(2)3-5(7)6(8)9;7-1-3(9)5(10)6(11)4(2-8)15-16(12,13)14/h2-3,5H,1,7H2,(H,8,9)(H,10,11);4-5H,3,7H2,1-2H3,(H,8,9);2-7,9-11H,1H2,(H,12,13,14)/t5-;;3-,4+,5-,6-/m0.1/s1. The maximum absolute atomic E-state index is 10.3. The zero-order valence-electron chi connectivity index (χ0n) is 19.5. The Bertz CT molecular complexity index is 866. The van der Waals surface area contributed by atoms with Gasteiger partial charge in [0, 0.05) is 18.3 Å². The van der Waals surface area contributed by atoms with E-state index in [1.54, 1.807) is 6.20 Å². The Morgan fingerprint density at radius 2 is 1.64 bits per heavy atom. The van der Waals surface area contributed by atoms with Crippen LogP contribution in [-0.2, 0) is 35.4 Å². The van der Waals surface area contributed by atoms with Crippen LogP contribution in [0.25, 0.3) is 0 Å². The summed E-state index contributed by atoms with van der Waals surface area (Å²) < 4.78 is 32.4. The number of nitrogens with one attached hydrogen (secondary N) is 1. The molecule has 0 bridgehead atoms. The van der Waals surface area contributed by atoms with Crippen LogP contribution in [-0.4, -0.2) is 115 Å². The van der Waals surface area contributed by atoms with Gasteiger partial charge in [0.1, 0.15) is 30.4 Å². The number of H-pyrrole nitrogens is 1. The SMILES string of the molecule is CC(C)CC(N)C(=O)O.N[C@@H](Cc1cnc[nH]1)C(=O)O.O=C[C@H](OS(=O)(=O)O)[C@@H](O)[C@H](O)[C@H](O)CO. The molecule has 0 fully saturated rings. The highest BCUT2D eigenvalue weighted by molar-refractivity contribution is 7.80. The lowest BCUT2D eigenvalue weighted by molar-refractivity contribution is -0.139. The summed E-state index contributed by atoms with van der Waals surface area (Å²) >= 11 is 0. The molecule has 0 saturated heterocycles. The Balaban J connectivity index is 0. The highest BCUT2D eigenvalue weighted by Gasteiger charge is 2.34. The smallest absolute Gasteiger partial charge is 0.398 e. The van der Waals surface area contributed by atoms with Crippen molar-refractivity contribution in [3.63, 3.8) is 0 Å². The number of imidazole rings is 1. The van der Waals surface area contributed by atoms with Gasteiger partial charge in [-0.3, -0.25) is 14.1 Å². The lowest BCUT2D eigenvalue weighted by Crippen LogP contribution is -2.47. The van der Waals surface area contributed by atoms with Gasteiger partial charge in [-0.15, -0.1) is 0 Å². The van der Waals surface area contributed by atoms with Gasteiger partial charge in [-0.05, 0) is 12.3 Å². The van der Waals surface area contributed by atoms with Gasteiger partial charge < -0.3 is 51.9 Å². The van der Waals surface area contributed by atoms with E-state index in [1.165, 1.54) is 6.33 Å². The number of nitrogens with zero attached hydrogens (tertiary/aromatic N) is 1. The van der Waals surface area contributed by atoms with Gasteiger partial charge in [0.05, 0.1) is 12.9 Å². The fraction of sp³-hybridized carbons (Fsp3) is 0.667. The minimum Gasteiger partial charge on any atom is -0.480 e. The number of carboxylic acids is 2. The van der Waals surface area contributed by atoms with E-state index in [1.807, 2.05) is 13.8 Å². The van der Waals surface area contributed by atoms with Crippen LogP contribution < -0.4 is 11.5 Å². The quantitative estimate of drug-likeness (QED) is 0.0838. The topological polar surface area (TPSA) is 317 Å². The van der Waals surface area contributed by atoms with Crippen molar-refractivity contribution in [1.29, 1.82) is 0 Å². The van der Waals surface area contributed by atoms with E-state index in [0.717, 1.165) is 5.69 Å². The van der Waals surface area contributed by atoms with E-state index < -0.39 is 65.4 Å². The largest absolute Gasteiger partial charge is 0.480 e. The van der Waals surface area contributed by atoms with E-state index in [2.05, 4.69) is 14.2 Å². The minimum atomic E-state index is -4.99. The summed E-state index contributed by atoms with van der Waals surface area (Å²) in [5.74, 6) is -1.56. The first-order chi connectivity index (χ1) is 16.5. The van der Waals surface area contributed by atoms with Gasteiger partial charge in [-0.25, -0.2) is 9.17 Å². The number of aliphatic hydroxyl groups is 4. The molecule has 1 aromatic rings. The van der Waals surface area contributed by atoms with Crippen molar-refractivity contribution in [3.8, 4) is 0 Å². The van der Waals surface area contributed by atoms with E-state index in [4.69, 9.17) is 41.6 Å². The Morgan fingerprint density at radius 3 is 1.94 bits per heavy atom. The van der Waals surface area contributed by atoms with Crippen molar-refractivity contribution in [2.45, 2.75) is 63.2 Å². The normalized spacial score (nSPS) is 16.2. The predicted molar refractivity (Wildman–Crippen MR) is 121 cm³/mol. The van der Waals surface area contributed by atoms with E-state index >= 15 is 0 Å². The lowest BCUT2D eigenvalue weighted by Gasteiger charge is -2.24. The molecule has 0 aliphatic heterocycles. The number of carbonyl (C=O) groups excluding carboxylic acids is 1. The average molecular weight is 547 g/mol. The molecule has 6 atom stereocenters. The molecule has 1 rings (SSSR count). The molecule has 0 radical (unpaired) electrons. The Kier molecular flexibility index (Phi) is 17.6. The monoisotopic (exact) mass is 546 g/mol. The van der Waals surface area contributed by atoms with Crippen LogP contribution >= 0.6 is 0 Å². The van der Waals surface area contributed by atoms with Crippen LogP contribution in [0.15, 0.2) is 12.5 Å². The van der Waals surface area contributed by atoms with Crippen LogP contribution in [0.4, 0.5) is 0 Å². The van der Waals surface area contributed by atoms with E-state index in [0.29, 0.717) is 12.3 Å². The fourth-order valence-corrected chi connectivity index (χ4v) is 2.60. The van der Waals surface area contributed by atoms with Crippen LogP contribution in [0.1, 0.15) is 26.0 Å². The molecule has 17 nitrogen and oxygen atoms in total. The molecular weight excluding hydrogens is 512 g/mol. The van der Waals surface area contributed by atoms with Gasteiger partial charge >= 0.3 is 22.3 Å². The number of hydrogen-bond donors (Lipinski definition) is 10. The van der Waals surface area contributed by atoms with Gasteiger partial charge in [-0.2, -0.15) is 8.42 Å². The lowest BCUT2D eigenvalue weighted by atomic mass is 10.0. The van der Waals surface area contributed by atoms with Gasteiger partial charge in [0.15, 0.2) is 12.4 Å². The van der Waals surface area contributed by atoms with Crippen LogP contribution in [0.3, 0.4) is 0 Å². The third kappa shape index (κ3) is 17.0. The van der Waals surface area contributed by atoms with E-state index in [-0.39, 0.29) is 12.7 Å². The number of carbonyl (C=O) groups is 3. The van der Waals surface area contributed by atoms with Crippen molar-refractivity contribution < 1.29 is 62.2 Å². The van der Waals surface area contributed by atoms with Crippen molar-refractivity contribution >= 4 is 28.6 Å². The second kappa shape index (κ2) is 17.8. The van der Waals surface area contributed by atoms with Crippen LogP contribution in [0.2, 0.25) is 0 Å². The second-order valence-corrected chi connectivity index (χ2v) is 8.70.